The SMILES string of the molecule is COc1ccccc1CCNC(=O)CCn1ncc2ccccc21. The van der Waals surface area contributed by atoms with Gasteiger partial charge in [-0.15, -0.1) is 0 Å². The molecule has 0 aliphatic heterocycles. The van der Waals surface area contributed by atoms with Gasteiger partial charge >= 0.3 is 0 Å². The number of ether oxygens (including phenoxy) is 1. The number of fused-ring (bicyclic) bond motifs is 1. The van der Waals surface area contributed by atoms with Gasteiger partial charge in [0.2, 0.25) is 5.91 Å². The van der Waals surface area contributed by atoms with Gasteiger partial charge in [0.1, 0.15) is 5.75 Å². The molecule has 1 amide bonds. The molecule has 1 heterocycles. The molecule has 3 aromatic rings. The van der Waals surface area contributed by atoms with E-state index >= 15 is 0 Å². The highest BCUT2D eigenvalue weighted by atomic mass is 16.5. The Morgan fingerprint density at radius 2 is 1.96 bits per heavy atom. The van der Waals surface area contributed by atoms with Crippen LogP contribution in [-0.4, -0.2) is 29.3 Å². The fourth-order valence-electron chi connectivity index (χ4n) is 2.75. The van der Waals surface area contributed by atoms with Gasteiger partial charge in [0.15, 0.2) is 0 Å². The number of carbonyl (C=O) groups excluding carboxylic acids is 1. The van der Waals surface area contributed by atoms with Gasteiger partial charge in [-0.05, 0) is 24.1 Å². The molecule has 5 heteroatoms. The Morgan fingerprint density at radius 1 is 1.17 bits per heavy atom. The fraction of sp³-hybridized carbons (Fsp3) is 0.263. The van der Waals surface area contributed by atoms with Crippen LogP contribution in [0, 0.1) is 0 Å². The Hall–Kier alpha value is -2.82. The highest BCUT2D eigenvalue weighted by molar-refractivity contribution is 5.79. The smallest absolute Gasteiger partial charge is 0.221 e. The average Bonchev–Trinajstić information content (AvgIpc) is 3.03. The van der Waals surface area contributed by atoms with Crippen molar-refractivity contribution in [3.63, 3.8) is 0 Å². The van der Waals surface area contributed by atoms with E-state index in [1.165, 1.54) is 0 Å². The van der Waals surface area contributed by atoms with Gasteiger partial charge in [0.05, 0.1) is 25.4 Å². The van der Waals surface area contributed by atoms with Crippen LogP contribution in [0.2, 0.25) is 0 Å². The molecule has 3 rings (SSSR count). The number of nitrogens with zero attached hydrogens (tertiary/aromatic N) is 2. The lowest BCUT2D eigenvalue weighted by Gasteiger charge is -2.09. The van der Waals surface area contributed by atoms with E-state index in [-0.39, 0.29) is 5.91 Å². The van der Waals surface area contributed by atoms with Crippen molar-refractivity contribution in [2.45, 2.75) is 19.4 Å². The maximum atomic E-state index is 12.0. The highest BCUT2D eigenvalue weighted by Crippen LogP contribution is 2.17. The molecule has 1 aromatic heterocycles. The zero-order valence-corrected chi connectivity index (χ0v) is 13.7. The van der Waals surface area contributed by atoms with E-state index in [9.17, 15) is 4.79 Å². The monoisotopic (exact) mass is 323 g/mol. The van der Waals surface area contributed by atoms with Crippen LogP contribution in [0.4, 0.5) is 0 Å². The lowest BCUT2D eigenvalue weighted by molar-refractivity contribution is -0.121. The number of benzene rings is 2. The summed E-state index contributed by atoms with van der Waals surface area (Å²) in [5, 5.41) is 8.39. The minimum atomic E-state index is 0.0319. The molecule has 1 N–H and O–H groups in total. The first kappa shape index (κ1) is 16.1. The normalized spacial score (nSPS) is 10.7. The molecule has 0 aliphatic carbocycles. The number of hydrogen-bond donors (Lipinski definition) is 1. The first-order chi connectivity index (χ1) is 11.8. The summed E-state index contributed by atoms with van der Waals surface area (Å²) in [5.74, 6) is 0.888. The Balaban J connectivity index is 1.48. The summed E-state index contributed by atoms with van der Waals surface area (Å²) in [5.41, 5.74) is 2.15. The van der Waals surface area contributed by atoms with Crippen molar-refractivity contribution in [3.05, 3.63) is 60.3 Å². The molecule has 5 nitrogen and oxygen atoms in total. The van der Waals surface area contributed by atoms with E-state index in [0.29, 0.717) is 19.5 Å². The molecule has 2 aromatic carbocycles. The van der Waals surface area contributed by atoms with Crippen LogP contribution in [0.1, 0.15) is 12.0 Å². The fourth-order valence-corrected chi connectivity index (χ4v) is 2.75. The Bertz CT molecular complexity index is 826. The maximum absolute atomic E-state index is 12.0. The number of carbonyl (C=O) groups is 1. The van der Waals surface area contributed by atoms with E-state index in [2.05, 4.69) is 10.4 Å². The number of methoxy groups -OCH3 is 1. The van der Waals surface area contributed by atoms with Crippen LogP contribution in [0.25, 0.3) is 10.9 Å². The van der Waals surface area contributed by atoms with E-state index < -0.39 is 0 Å². The Morgan fingerprint density at radius 3 is 2.83 bits per heavy atom. The Labute approximate surface area is 141 Å². The second-order valence-corrected chi connectivity index (χ2v) is 5.59. The third-order valence-electron chi connectivity index (χ3n) is 4.01. The first-order valence-corrected chi connectivity index (χ1v) is 8.07. The molecule has 0 bridgehead atoms. The predicted octanol–water partition coefficient (Wildman–Crippen LogP) is 2.79. The van der Waals surface area contributed by atoms with Crippen molar-refractivity contribution in [2.24, 2.45) is 0 Å². The van der Waals surface area contributed by atoms with Gasteiger partial charge < -0.3 is 10.1 Å². The van der Waals surface area contributed by atoms with Gasteiger partial charge in [-0.1, -0.05) is 36.4 Å². The van der Waals surface area contributed by atoms with E-state index in [0.717, 1.165) is 28.6 Å². The van der Waals surface area contributed by atoms with E-state index in [1.807, 2.05) is 59.4 Å². The van der Waals surface area contributed by atoms with Crippen molar-refractivity contribution in [3.8, 4) is 5.75 Å². The van der Waals surface area contributed by atoms with Crippen LogP contribution >= 0.6 is 0 Å². The summed E-state index contributed by atoms with van der Waals surface area (Å²) in [6, 6.07) is 15.9. The second-order valence-electron chi connectivity index (χ2n) is 5.59. The molecule has 0 unspecified atom stereocenters. The summed E-state index contributed by atoms with van der Waals surface area (Å²) in [6.07, 6.45) is 2.99. The summed E-state index contributed by atoms with van der Waals surface area (Å²) in [7, 11) is 1.66. The maximum Gasteiger partial charge on any atom is 0.221 e. The number of nitrogens with one attached hydrogen (secondary N) is 1. The molecule has 0 saturated carbocycles. The number of para-hydroxylation sites is 2. The summed E-state index contributed by atoms with van der Waals surface area (Å²) in [4.78, 5) is 12.0. The van der Waals surface area contributed by atoms with Crippen LogP contribution in [0.15, 0.2) is 54.7 Å². The van der Waals surface area contributed by atoms with Crippen molar-refractivity contribution in [1.82, 2.24) is 15.1 Å². The molecule has 0 radical (unpaired) electrons. The molecule has 124 valence electrons. The van der Waals surface area contributed by atoms with Crippen LogP contribution in [0.3, 0.4) is 0 Å². The number of aryl methyl sites for hydroxylation is 1. The number of aromatic nitrogens is 2. The van der Waals surface area contributed by atoms with Gasteiger partial charge in [-0.25, -0.2) is 0 Å². The molecule has 24 heavy (non-hydrogen) atoms. The minimum absolute atomic E-state index is 0.0319. The number of hydrogen-bond acceptors (Lipinski definition) is 3. The third kappa shape index (κ3) is 3.74. The highest BCUT2D eigenvalue weighted by Gasteiger charge is 2.06. The molecular weight excluding hydrogens is 302 g/mol. The molecule has 0 saturated heterocycles. The van der Waals surface area contributed by atoms with Crippen LogP contribution in [0.5, 0.6) is 5.75 Å². The molecule has 0 spiro atoms. The second kappa shape index (κ2) is 7.64. The molecular formula is C19H21N3O2. The minimum Gasteiger partial charge on any atom is -0.496 e. The zero-order valence-electron chi connectivity index (χ0n) is 13.7. The Kier molecular flexibility index (Phi) is 5.11. The zero-order chi connectivity index (χ0) is 16.8. The van der Waals surface area contributed by atoms with Crippen molar-refractivity contribution in [1.29, 1.82) is 0 Å². The predicted molar refractivity (Wildman–Crippen MR) is 94.1 cm³/mol. The van der Waals surface area contributed by atoms with Crippen LogP contribution < -0.4 is 10.1 Å². The molecule has 0 fully saturated rings. The first-order valence-electron chi connectivity index (χ1n) is 8.07. The van der Waals surface area contributed by atoms with Gasteiger partial charge in [0.25, 0.3) is 0 Å². The number of amides is 1. The van der Waals surface area contributed by atoms with E-state index in [4.69, 9.17) is 4.74 Å². The summed E-state index contributed by atoms with van der Waals surface area (Å²) >= 11 is 0. The summed E-state index contributed by atoms with van der Waals surface area (Å²) < 4.78 is 7.19. The number of rotatable bonds is 7. The quantitative estimate of drug-likeness (QED) is 0.727. The molecule has 0 atom stereocenters. The molecule has 0 aliphatic rings. The largest absolute Gasteiger partial charge is 0.496 e. The lowest BCUT2D eigenvalue weighted by atomic mass is 10.1. The topological polar surface area (TPSA) is 56.1 Å². The van der Waals surface area contributed by atoms with Gasteiger partial charge in [0, 0.05) is 18.4 Å². The van der Waals surface area contributed by atoms with E-state index in [1.54, 1.807) is 7.11 Å². The lowest BCUT2D eigenvalue weighted by Crippen LogP contribution is -2.26. The average molecular weight is 323 g/mol. The van der Waals surface area contributed by atoms with Crippen molar-refractivity contribution < 1.29 is 9.53 Å². The summed E-state index contributed by atoms with van der Waals surface area (Å²) in [6.45, 7) is 1.17. The van der Waals surface area contributed by atoms with Gasteiger partial charge in [-0.3, -0.25) is 9.48 Å². The van der Waals surface area contributed by atoms with Gasteiger partial charge in [-0.2, -0.15) is 5.10 Å². The standard InChI is InChI=1S/C19H21N3O2/c1-24-18-9-5-3-6-15(18)10-12-20-19(23)11-13-22-17-8-4-2-7-16(17)14-21-22/h2-9,14H,10-13H2,1H3,(H,20,23). The van der Waals surface area contributed by atoms with Crippen LogP contribution in [-0.2, 0) is 17.8 Å². The third-order valence-corrected chi connectivity index (χ3v) is 4.01. The van der Waals surface area contributed by atoms with Crippen molar-refractivity contribution in [2.75, 3.05) is 13.7 Å². The van der Waals surface area contributed by atoms with Crippen molar-refractivity contribution >= 4 is 16.8 Å².